The zero-order valence-corrected chi connectivity index (χ0v) is 10.5. The Labute approximate surface area is 106 Å². The van der Waals surface area contributed by atoms with E-state index in [1.165, 1.54) is 6.07 Å². The zero-order chi connectivity index (χ0) is 13.1. The molecule has 18 heavy (non-hydrogen) atoms. The molecule has 3 heteroatoms. The summed E-state index contributed by atoms with van der Waals surface area (Å²) in [6, 6.07) is 12.0. The van der Waals surface area contributed by atoms with Crippen LogP contribution in [0.2, 0.25) is 0 Å². The van der Waals surface area contributed by atoms with E-state index in [0.717, 1.165) is 5.56 Å². The van der Waals surface area contributed by atoms with Gasteiger partial charge in [-0.3, -0.25) is 0 Å². The summed E-state index contributed by atoms with van der Waals surface area (Å²) in [5.74, 6) is 0.458. The molecule has 2 aromatic rings. The lowest BCUT2D eigenvalue weighted by atomic mass is 10.1. The molecule has 0 fully saturated rings. The average molecular weight is 245 g/mol. The van der Waals surface area contributed by atoms with E-state index in [9.17, 15) is 4.39 Å². The Morgan fingerprint density at radius 2 is 1.83 bits per heavy atom. The third-order valence-electron chi connectivity index (χ3n) is 2.79. The van der Waals surface area contributed by atoms with Crippen LogP contribution in [-0.4, -0.2) is 0 Å². The van der Waals surface area contributed by atoms with Crippen LogP contribution in [-0.2, 0) is 0 Å². The fourth-order valence-electron chi connectivity index (χ4n) is 1.77. The minimum absolute atomic E-state index is 0.210. The first kappa shape index (κ1) is 12.6. The van der Waals surface area contributed by atoms with E-state index < -0.39 is 5.82 Å². The lowest BCUT2D eigenvalue weighted by Gasteiger charge is -2.15. The number of ether oxygens (including phenoxy) is 1. The standard InChI is InChI=1S/C15H16FNO/c1-10-6-3-4-9-14(10)18-15-12(11(2)17)7-5-8-13(15)16/h3-9,11H,17H2,1-2H3. The second-order valence-electron chi connectivity index (χ2n) is 4.31. The van der Waals surface area contributed by atoms with Crippen LogP contribution in [0.15, 0.2) is 42.5 Å². The summed E-state index contributed by atoms with van der Waals surface area (Å²) >= 11 is 0. The average Bonchev–Trinajstić information content (AvgIpc) is 2.34. The summed E-state index contributed by atoms with van der Waals surface area (Å²) < 4.78 is 19.5. The maximum Gasteiger partial charge on any atom is 0.167 e. The first-order valence-corrected chi connectivity index (χ1v) is 5.87. The van der Waals surface area contributed by atoms with Crippen LogP contribution in [0, 0.1) is 12.7 Å². The van der Waals surface area contributed by atoms with Gasteiger partial charge in [0.15, 0.2) is 11.6 Å². The van der Waals surface area contributed by atoms with Gasteiger partial charge in [0.05, 0.1) is 0 Å². The van der Waals surface area contributed by atoms with Crippen molar-refractivity contribution in [3.8, 4) is 11.5 Å². The largest absolute Gasteiger partial charge is 0.454 e. The molecular formula is C15H16FNO. The van der Waals surface area contributed by atoms with Crippen LogP contribution in [0.5, 0.6) is 11.5 Å². The highest BCUT2D eigenvalue weighted by molar-refractivity contribution is 5.42. The molecule has 0 heterocycles. The number of aryl methyl sites for hydroxylation is 1. The van der Waals surface area contributed by atoms with Gasteiger partial charge < -0.3 is 10.5 Å². The molecular weight excluding hydrogens is 229 g/mol. The van der Waals surface area contributed by atoms with Crippen LogP contribution >= 0.6 is 0 Å². The van der Waals surface area contributed by atoms with Gasteiger partial charge in [-0.15, -0.1) is 0 Å². The molecule has 0 radical (unpaired) electrons. The topological polar surface area (TPSA) is 35.2 Å². The zero-order valence-electron chi connectivity index (χ0n) is 10.5. The van der Waals surface area contributed by atoms with Crippen molar-refractivity contribution in [1.82, 2.24) is 0 Å². The van der Waals surface area contributed by atoms with Crippen LogP contribution in [0.1, 0.15) is 24.1 Å². The first-order valence-electron chi connectivity index (χ1n) is 5.87. The molecule has 0 aliphatic rings. The molecule has 0 spiro atoms. The summed E-state index contributed by atoms with van der Waals surface area (Å²) in [6.07, 6.45) is 0. The highest BCUT2D eigenvalue weighted by Crippen LogP contribution is 2.32. The van der Waals surface area contributed by atoms with E-state index in [1.54, 1.807) is 19.1 Å². The molecule has 0 amide bonds. The summed E-state index contributed by atoms with van der Waals surface area (Å²) in [5, 5.41) is 0. The van der Waals surface area contributed by atoms with Crippen molar-refractivity contribution < 1.29 is 9.13 Å². The molecule has 2 rings (SSSR count). The number of halogens is 1. The van der Waals surface area contributed by atoms with Crippen LogP contribution in [0.3, 0.4) is 0 Å². The minimum atomic E-state index is -0.395. The number of nitrogens with two attached hydrogens (primary N) is 1. The SMILES string of the molecule is Cc1ccccc1Oc1c(F)cccc1C(C)N. The van der Waals surface area contributed by atoms with Crippen molar-refractivity contribution in [2.45, 2.75) is 19.9 Å². The van der Waals surface area contributed by atoms with Gasteiger partial charge in [-0.05, 0) is 31.5 Å². The molecule has 0 saturated carbocycles. The van der Waals surface area contributed by atoms with Gasteiger partial charge in [-0.25, -0.2) is 4.39 Å². The van der Waals surface area contributed by atoms with Gasteiger partial charge in [0.2, 0.25) is 0 Å². The number of hydrogen-bond donors (Lipinski definition) is 1. The van der Waals surface area contributed by atoms with E-state index in [2.05, 4.69) is 0 Å². The van der Waals surface area contributed by atoms with Gasteiger partial charge in [0, 0.05) is 11.6 Å². The third kappa shape index (κ3) is 2.51. The monoisotopic (exact) mass is 245 g/mol. The van der Waals surface area contributed by atoms with Gasteiger partial charge in [-0.2, -0.15) is 0 Å². The van der Waals surface area contributed by atoms with Crippen molar-refractivity contribution in [2.75, 3.05) is 0 Å². The second-order valence-corrected chi connectivity index (χ2v) is 4.31. The second kappa shape index (κ2) is 5.19. The number of hydrogen-bond acceptors (Lipinski definition) is 2. The Morgan fingerprint density at radius 3 is 2.50 bits per heavy atom. The maximum absolute atomic E-state index is 13.8. The maximum atomic E-state index is 13.8. The predicted molar refractivity (Wildman–Crippen MR) is 70.3 cm³/mol. The minimum Gasteiger partial charge on any atom is -0.454 e. The van der Waals surface area contributed by atoms with Gasteiger partial charge >= 0.3 is 0 Å². The Bertz CT molecular complexity index is 552. The summed E-state index contributed by atoms with van der Waals surface area (Å²) in [7, 11) is 0. The Balaban J connectivity index is 2.43. The molecule has 0 bridgehead atoms. The van der Waals surface area contributed by atoms with Crippen LogP contribution in [0.4, 0.5) is 4.39 Å². The fourth-order valence-corrected chi connectivity index (χ4v) is 1.77. The lowest BCUT2D eigenvalue weighted by Crippen LogP contribution is -2.07. The highest BCUT2D eigenvalue weighted by Gasteiger charge is 2.14. The van der Waals surface area contributed by atoms with E-state index in [4.69, 9.17) is 10.5 Å². The molecule has 2 N–H and O–H groups in total. The molecule has 1 atom stereocenters. The summed E-state index contributed by atoms with van der Waals surface area (Å²) in [6.45, 7) is 3.72. The number of rotatable bonds is 3. The number of para-hydroxylation sites is 2. The molecule has 2 nitrogen and oxygen atoms in total. The fraction of sp³-hybridized carbons (Fsp3) is 0.200. The lowest BCUT2D eigenvalue weighted by molar-refractivity contribution is 0.430. The van der Waals surface area contributed by atoms with Crippen molar-refractivity contribution >= 4 is 0 Å². The van der Waals surface area contributed by atoms with E-state index in [1.807, 2.05) is 31.2 Å². The molecule has 0 aromatic heterocycles. The quantitative estimate of drug-likeness (QED) is 0.888. The molecule has 1 unspecified atom stereocenters. The molecule has 2 aromatic carbocycles. The molecule has 0 aliphatic heterocycles. The molecule has 94 valence electrons. The Kier molecular flexibility index (Phi) is 3.63. The van der Waals surface area contributed by atoms with Crippen LogP contribution in [0.25, 0.3) is 0 Å². The van der Waals surface area contributed by atoms with E-state index in [-0.39, 0.29) is 11.8 Å². The summed E-state index contributed by atoms with van der Waals surface area (Å²) in [4.78, 5) is 0. The molecule has 0 aliphatic carbocycles. The first-order chi connectivity index (χ1) is 8.59. The Hall–Kier alpha value is -1.87. The van der Waals surface area contributed by atoms with E-state index in [0.29, 0.717) is 11.3 Å². The normalized spacial score (nSPS) is 12.2. The smallest absolute Gasteiger partial charge is 0.167 e. The van der Waals surface area contributed by atoms with Crippen LogP contribution < -0.4 is 10.5 Å². The third-order valence-corrected chi connectivity index (χ3v) is 2.79. The van der Waals surface area contributed by atoms with Gasteiger partial charge in [0.1, 0.15) is 5.75 Å². The summed E-state index contributed by atoms with van der Waals surface area (Å²) in [5.41, 5.74) is 7.45. The Morgan fingerprint density at radius 1 is 1.11 bits per heavy atom. The van der Waals surface area contributed by atoms with Crippen molar-refractivity contribution in [2.24, 2.45) is 5.73 Å². The van der Waals surface area contributed by atoms with Crippen molar-refractivity contribution in [3.05, 3.63) is 59.4 Å². The predicted octanol–water partition coefficient (Wildman–Crippen LogP) is 3.95. The highest BCUT2D eigenvalue weighted by atomic mass is 19.1. The van der Waals surface area contributed by atoms with Crippen molar-refractivity contribution in [3.63, 3.8) is 0 Å². The van der Waals surface area contributed by atoms with Crippen molar-refractivity contribution in [1.29, 1.82) is 0 Å². The van der Waals surface area contributed by atoms with Gasteiger partial charge in [-0.1, -0.05) is 30.3 Å². The number of benzene rings is 2. The van der Waals surface area contributed by atoms with E-state index >= 15 is 0 Å². The van der Waals surface area contributed by atoms with Gasteiger partial charge in [0.25, 0.3) is 0 Å². The molecule has 0 saturated heterocycles.